The highest BCUT2D eigenvalue weighted by Gasteiger charge is 2.16. The van der Waals surface area contributed by atoms with E-state index in [1.54, 1.807) is 6.92 Å². The number of thioether (sulfide) groups is 1. The fourth-order valence-corrected chi connectivity index (χ4v) is 1.94. The molecule has 16 heavy (non-hydrogen) atoms. The quantitative estimate of drug-likeness (QED) is 0.608. The third-order valence-corrected chi connectivity index (χ3v) is 3.10. The van der Waals surface area contributed by atoms with E-state index >= 15 is 0 Å². The zero-order chi connectivity index (χ0) is 12.7. The smallest absolute Gasteiger partial charge is 0.320 e. The maximum atomic E-state index is 11.5. The van der Waals surface area contributed by atoms with Crippen LogP contribution in [0.4, 0.5) is 0 Å². The van der Waals surface area contributed by atoms with Crippen molar-refractivity contribution < 1.29 is 14.7 Å². The lowest BCUT2D eigenvalue weighted by Crippen LogP contribution is -2.36. The van der Waals surface area contributed by atoms with Gasteiger partial charge in [0.25, 0.3) is 0 Å². The predicted octanol–water partition coefficient (Wildman–Crippen LogP) is 0.435. The third-order valence-electron chi connectivity index (χ3n) is 1.91. The molecule has 0 rings (SSSR count). The van der Waals surface area contributed by atoms with Gasteiger partial charge < -0.3 is 16.2 Å². The van der Waals surface area contributed by atoms with Crippen LogP contribution in [0.3, 0.4) is 0 Å². The third kappa shape index (κ3) is 6.68. The van der Waals surface area contributed by atoms with Crippen LogP contribution in [0.25, 0.3) is 0 Å². The van der Waals surface area contributed by atoms with E-state index in [9.17, 15) is 9.59 Å². The molecule has 0 aliphatic carbocycles. The zero-order valence-corrected chi connectivity index (χ0v) is 10.7. The number of rotatable bonds is 7. The molecule has 0 bridgehead atoms. The largest absolute Gasteiger partial charge is 0.480 e. The van der Waals surface area contributed by atoms with E-state index < -0.39 is 12.0 Å². The first-order chi connectivity index (χ1) is 7.34. The molecule has 0 spiro atoms. The van der Waals surface area contributed by atoms with Crippen molar-refractivity contribution in [3.63, 3.8) is 0 Å². The van der Waals surface area contributed by atoms with Gasteiger partial charge in [-0.3, -0.25) is 9.59 Å². The maximum Gasteiger partial charge on any atom is 0.320 e. The number of hydrogen-bond donors (Lipinski definition) is 3. The van der Waals surface area contributed by atoms with Crippen LogP contribution in [-0.4, -0.2) is 40.1 Å². The molecule has 0 heterocycles. The zero-order valence-electron chi connectivity index (χ0n) is 9.90. The first-order valence-electron chi connectivity index (χ1n) is 5.25. The number of carboxylic acid groups (broad SMARTS) is 1. The topological polar surface area (TPSA) is 92.4 Å². The van der Waals surface area contributed by atoms with Gasteiger partial charge >= 0.3 is 5.97 Å². The summed E-state index contributed by atoms with van der Waals surface area (Å²) in [6.45, 7) is 5.60. The van der Waals surface area contributed by atoms with Crippen LogP contribution >= 0.6 is 11.8 Å². The van der Waals surface area contributed by atoms with Gasteiger partial charge in [-0.1, -0.05) is 0 Å². The van der Waals surface area contributed by atoms with Crippen molar-refractivity contribution in [2.24, 2.45) is 5.73 Å². The van der Waals surface area contributed by atoms with Crippen LogP contribution in [0.15, 0.2) is 0 Å². The molecule has 0 aliphatic heterocycles. The Morgan fingerprint density at radius 2 is 1.94 bits per heavy atom. The van der Waals surface area contributed by atoms with Crippen LogP contribution in [0.1, 0.15) is 27.2 Å². The Bertz CT molecular complexity index is 246. The Balaban J connectivity index is 3.76. The predicted molar refractivity (Wildman–Crippen MR) is 65.4 cm³/mol. The summed E-state index contributed by atoms with van der Waals surface area (Å²) >= 11 is 1.42. The molecule has 0 aliphatic rings. The number of aliphatic carboxylic acids is 1. The lowest BCUT2D eigenvalue weighted by molar-refractivity contribution is -0.138. The molecule has 94 valence electrons. The molecule has 0 saturated heterocycles. The molecular weight excluding hydrogens is 228 g/mol. The lowest BCUT2D eigenvalue weighted by Gasteiger charge is -2.14. The van der Waals surface area contributed by atoms with E-state index in [4.69, 9.17) is 10.8 Å². The minimum Gasteiger partial charge on any atom is -0.480 e. The summed E-state index contributed by atoms with van der Waals surface area (Å²) in [6.07, 6.45) is 0.374. The van der Waals surface area contributed by atoms with Gasteiger partial charge in [0, 0.05) is 6.04 Å². The van der Waals surface area contributed by atoms with E-state index in [1.165, 1.54) is 11.8 Å². The minimum absolute atomic E-state index is 0.0242. The summed E-state index contributed by atoms with van der Waals surface area (Å²) in [7, 11) is 0. The summed E-state index contributed by atoms with van der Waals surface area (Å²) in [5.74, 6) is -0.455. The van der Waals surface area contributed by atoms with E-state index in [0.717, 1.165) is 0 Å². The first kappa shape index (κ1) is 15.2. The Hall–Kier alpha value is -0.750. The number of nitrogens with one attached hydrogen (secondary N) is 1. The van der Waals surface area contributed by atoms with Crippen molar-refractivity contribution >= 4 is 23.6 Å². The van der Waals surface area contributed by atoms with Gasteiger partial charge in [-0.2, -0.15) is 0 Å². The molecule has 0 fully saturated rings. The van der Waals surface area contributed by atoms with Gasteiger partial charge in [-0.05, 0) is 32.9 Å². The second kappa shape index (κ2) is 7.51. The molecule has 0 aromatic rings. The molecule has 0 radical (unpaired) electrons. The molecule has 6 heteroatoms. The summed E-state index contributed by atoms with van der Waals surface area (Å²) in [5.41, 5.74) is 5.35. The van der Waals surface area contributed by atoms with Crippen LogP contribution in [-0.2, 0) is 9.59 Å². The number of amides is 1. The van der Waals surface area contributed by atoms with E-state index in [-0.39, 0.29) is 17.2 Å². The molecule has 1 amide bonds. The molecule has 2 unspecified atom stereocenters. The maximum absolute atomic E-state index is 11.5. The van der Waals surface area contributed by atoms with E-state index in [0.29, 0.717) is 12.2 Å². The van der Waals surface area contributed by atoms with Crippen molar-refractivity contribution in [1.82, 2.24) is 5.32 Å². The number of hydrogen-bond acceptors (Lipinski definition) is 4. The average molecular weight is 248 g/mol. The van der Waals surface area contributed by atoms with Gasteiger partial charge in [0.1, 0.15) is 6.04 Å². The molecule has 0 saturated carbocycles. The monoisotopic (exact) mass is 248 g/mol. The number of nitrogens with two attached hydrogens (primary N) is 1. The van der Waals surface area contributed by atoms with Crippen LogP contribution in [0, 0.1) is 0 Å². The highest BCUT2D eigenvalue weighted by atomic mass is 32.2. The van der Waals surface area contributed by atoms with Gasteiger partial charge in [0.15, 0.2) is 0 Å². The molecule has 2 atom stereocenters. The van der Waals surface area contributed by atoms with Gasteiger partial charge in [-0.25, -0.2) is 0 Å². The van der Waals surface area contributed by atoms with Gasteiger partial charge in [0.05, 0.1) is 5.25 Å². The summed E-state index contributed by atoms with van der Waals surface area (Å²) in [6, 6.07) is -0.718. The van der Waals surface area contributed by atoms with Crippen molar-refractivity contribution in [2.75, 3.05) is 5.75 Å². The number of carbonyl (C=O) groups is 2. The number of carbonyl (C=O) groups excluding carboxylic acids is 1. The molecule has 0 aromatic carbocycles. The summed E-state index contributed by atoms with van der Waals surface area (Å²) in [4.78, 5) is 21.9. The highest BCUT2D eigenvalue weighted by molar-refractivity contribution is 8.00. The van der Waals surface area contributed by atoms with E-state index in [1.807, 2.05) is 13.8 Å². The fourth-order valence-electron chi connectivity index (χ4n) is 0.973. The molecular formula is C10H20N2O3S. The second-order valence-electron chi connectivity index (χ2n) is 3.91. The normalized spacial score (nSPS) is 14.6. The molecule has 4 N–H and O–H groups in total. The van der Waals surface area contributed by atoms with Gasteiger partial charge in [-0.15, -0.1) is 11.8 Å². The Morgan fingerprint density at radius 3 is 2.38 bits per heavy atom. The average Bonchev–Trinajstić information content (AvgIpc) is 2.15. The van der Waals surface area contributed by atoms with Crippen molar-refractivity contribution in [3.8, 4) is 0 Å². The standard InChI is InChI=1S/C10H20N2O3S/c1-6(2)12-9(13)7(3)16-5-4-8(11)10(14)15/h6-8H,4-5,11H2,1-3H3,(H,12,13)(H,14,15). The highest BCUT2D eigenvalue weighted by Crippen LogP contribution is 2.12. The van der Waals surface area contributed by atoms with Crippen LogP contribution in [0.5, 0.6) is 0 Å². The minimum atomic E-state index is -1.00. The van der Waals surface area contributed by atoms with Crippen molar-refractivity contribution in [2.45, 2.75) is 44.5 Å². The molecule has 0 aromatic heterocycles. The molecule has 5 nitrogen and oxygen atoms in total. The van der Waals surface area contributed by atoms with Crippen molar-refractivity contribution in [1.29, 1.82) is 0 Å². The van der Waals surface area contributed by atoms with E-state index in [2.05, 4.69) is 5.32 Å². The SMILES string of the molecule is CC(C)NC(=O)C(C)SCCC(N)C(=O)O. The fraction of sp³-hybridized carbons (Fsp3) is 0.800. The summed E-state index contributed by atoms with van der Waals surface area (Å²) in [5, 5.41) is 11.2. The number of carboxylic acids is 1. The Morgan fingerprint density at radius 1 is 1.38 bits per heavy atom. The summed E-state index contributed by atoms with van der Waals surface area (Å²) < 4.78 is 0. The Labute approximate surface area is 100 Å². The van der Waals surface area contributed by atoms with Crippen LogP contribution in [0.2, 0.25) is 0 Å². The second-order valence-corrected chi connectivity index (χ2v) is 5.36. The first-order valence-corrected chi connectivity index (χ1v) is 6.29. The van der Waals surface area contributed by atoms with Crippen LogP contribution < -0.4 is 11.1 Å². The van der Waals surface area contributed by atoms with Crippen molar-refractivity contribution in [3.05, 3.63) is 0 Å². The Kier molecular flexibility index (Phi) is 7.16. The lowest BCUT2D eigenvalue weighted by atomic mass is 10.2. The van der Waals surface area contributed by atoms with Gasteiger partial charge in [0.2, 0.25) is 5.91 Å².